The maximum absolute atomic E-state index is 6.67. The molecule has 14 rings (SSSR count). The number of thiophene rings is 1. The fourth-order valence-electron chi connectivity index (χ4n) is 10.8. The van der Waals surface area contributed by atoms with Crippen LogP contribution in [0.4, 0.5) is 0 Å². The third-order valence-corrected chi connectivity index (χ3v) is 14.8. The van der Waals surface area contributed by atoms with Crippen molar-refractivity contribution in [3.63, 3.8) is 0 Å². The Balaban J connectivity index is 1.05. The van der Waals surface area contributed by atoms with Crippen LogP contribution in [0.25, 0.3) is 98.1 Å². The summed E-state index contributed by atoms with van der Waals surface area (Å²) in [7, 11) is 0. The van der Waals surface area contributed by atoms with Crippen LogP contribution in [-0.2, 0) is 5.41 Å². The number of ether oxygens (including phenoxy) is 1. The van der Waals surface area contributed by atoms with Gasteiger partial charge in [0.15, 0.2) is 5.82 Å². The van der Waals surface area contributed by atoms with Crippen molar-refractivity contribution in [1.82, 2.24) is 15.0 Å². The van der Waals surface area contributed by atoms with Gasteiger partial charge in [-0.15, -0.1) is 11.3 Å². The topological polar surface area (TPSA) is 47.9 Å². The van der Waals surface area contributed by atoms with Crippen LogP contribution in [-0.4, -0.2) is 15.0 Å². The number of nitrogens with zero attached hydrogens (tertiary/aromatic N) is 3. The van der Waals surface area contributed by atoms with Gasteiger partial charge in [-0.3, -0.25) is 0 Å². The lowest BCUT2D eigenvalue weighted by Gasteiger charge is -2.39. The molecule has 0 amide bonds. The third kappa shape index (κ3) is 5.21. The van der Waals surface area contributed by atoms with Crippen molar-refractivity contribution in [3.05, 3.63) is 235 Å². The summed E-state index contributed by atoms with van der Waals surface area (Å²) in [6.45, 7) is 0. The SMILES string of the molecule is c1ccc(-c2nc(-c3ccc4c(c3)nc(-c3ccccc3)c3ccc5c(c34)-c3ccccc3C53c4ccccc4Oc4ccccc43)cc(-c3cccc4c3sc3ccccc34)n2)cc1. The van der Waals surface area contributed by atoms with Crippen LogP contribution >= 0.6 is 11.3 Å². The lowest BCUT2D eigenvalue weighted by atomic mass is 9.66. The summed E-state index contributed by atoms with van der Waals surface area (Å²) in [6, 6.07) is 75.7. The van der Waals surface area contributed by atoms with Gasteiger partial charge in [-0.05, 0) is 52.6 Å². The first-order chi connectivity index (χ1) is 32.2. The zero-order valence-corrected chi connectivity index (χ0v) is 35.7. The number of benzene rings is 9. The second kappa shape index (κ2) is 13.9. The molecule has 0 radical (unpaired) electrons. The number of hydrogen-bond acceptors (Lipinski definition) is 5. The van der Waals surface area contributed by atoms with Gasteiger partial charge in [0.05, 0.1) is 28.0 Å². The molecule has 0 atom stereocenters. The number of aromatic nitrogens is 3. The van der Waals surface area contributed by atoms with Gasteiger partial charge in [-0.25, -0.2) is 15.0 Å². The van der Waals surface area contributed by atoms with Crippen LogP contribution in [0.2, 0.25) is 0 Å². The lowest BCUT2D eigenvalue weighted by Crippen LogP contribution is -2.32. The fraction of sp³-hybridized carbons (Fsp3) is 0.0167. The van der Waals surface area contributed by atoms with Crippen LogP contribution in [0.3, 0.4) is 0 Å². The summed E-state index contributed by atoms with van der Waals surface area (Å²) < 4.78 is 9.16. The predicted molar refractivity (Wildman–Crippen MR) is 267 cm³/mol. The Labute approximate surface area is 378 Å². The summed E-state index contributed by atoms with van der Waals surface area (Å²) in [5.74, 6) is 2.45. The van der Waals surface area contributed by atoms with Crippen molar-refractivity contribution in [3.8, 4) is 67.8 Å². The summed E-state index contributed by atoms with van der Waals surface area (Å²) in [5, 5.41) is 5.90. The second-order valence-corrected chi connectivity index (χ2v) is 18.0. The van der Waals surface area contributed by atoms with E-state index in [2.05, 4.69) is 194 Å². The Hall–Kier alpha value is -8.25. The van der Waals surface area contributed by atoms with Crippen LogP contribution in [0, 0.1) is 0 Å². The molecule has 0 bridgehead atoms. The van der Waals surface area contributed by atoms with Crippen molar-refractivity contribution >= 4 is 53.2 Å². The first-order valence-electron chi connectivity index (χ1n) is 22.0. The lowest BCUT2D eigenvalue weighted by molar-refractivity contribution is 0.436. The number of fused-ring (bicyclic) bond motifs is 16. The molecular formula is C60H35N3OS. The highest BCUT2D eigenvalue weighted by atomic mass is 32.1. The molecule has 4 heterocycles. The predicted octanol–water partition coefficient (Wildman–Crippen LogP) is 15.7. The van der Waals surface area contributed by atoms with E-state index in [1.807, 2.05) is 29.5 Å². The molecule has 1 spiro atoms. The number of pyridine rings is 1. The van der Waals surface area contributed by atoms with E-state index in [1.54, 1.807) is 0 Å². The van der Waals surface area contributed by atoms with Gasteiger partial charge in [0, 0.05) is 69.7 Å². The molecular weight excluding hydrogens is 811 g/mol. The van der Waals surface area contributed by atoms with E-state index in [1.165, 1.54) is 47.8 Å². The molecule has 302 valence electrons. The van der Waals surface area contributed by atoms with Crippen molar-refractivity contribution in [2.75, 3.05) is 0 Å². The van der Waals surface area contributed by atoms with Crippen LogP contribution in [0.1, 0.15) is 22.3 Å². The summed E-state index contributed by atoms with van der Waals surface area (Å²) in [4.78, 5) is 16.2. The van der Waals surface area contributed by atoms with E-state index in [4.69, 9.17) is 19.7 Å². The van der Waals surface area contributed by atoms with E-state index in [-0.39, 0.29) is 0 Å². The van der Waals surface area contributed by atoms with E-state index < -0.39 is 5.41 Å². The van der Waals surface area contributed by atoms with Gasteiger partial charge < -0.3 is 4.74 Å². The Morgan fingerprint density at radius 1 is 0.400 bits per heavy atom. The van der Waals surface area contributed by atoms with Gasteiger partial charge in [-0.2, -0.15) is 0 Å². The molecule has 1 aliphatic heterocycles. The van der Waals surface area contributed by atoms with Crippen LogP contribution in [0.5, 0.6) is 11.5 Å². The van der Waals surface area contributed by atoms with Crippen LogP contribution in [0.15, 0.2) is 212 Å². The minimum Gasteiger partial charge on any atom is -0.457 e. The van der Waals surface area contributed by atoms with Crippen molar-refractivity contribution in [2.45, 2.75) is 5.41 Å². The molecule has 9 aromatic carbocycles. The fourth-order valence-corrected chi connectivity index (χ4v) is 12.0. The molecule has 0 saturated carbocycles. The van der Waals surface area contributed by atoms with Gasteiger partial charge in [-0.1, -0.05) is 182 Å². The number of para-hydroxylation sites is 2. The molecule has 1 aliphatic carbocycles. The molecule has 65 heavy (non-hydrogen) atoms. The summed E-state index contributed by atoms with van der Waals surface area (Å²) in [5.41, 5.74) is 14.3. The monoisotopic (exact) mass is 845 g/mol. The van der Waals surface area contributed by atoms with Crippen molar-refractivity contribution in [2.24, 2.45) is 0 Å². The Morgan fingerprint density at radius 3 is 1.83 bits per heavy atom. The molecule has 0 unspecified atom stereocenters. The zero-order chi connectivity index (χ0) is 42.6. The van der Waals surface area contributed by atoms with E-state index in [9.17, 15) is 0 Å². The van der Waals surface area contributed by atoms with Crippen molar-refractivity contribution < 1.29 is 4.74 Å². The summed E-state index contributed by atoms with van der Waals surface area (Å²) in [6.07, 6.45) is 0. The molecule has 12 aromatic rings. The van der Waals surface area contributed by atoms with E-state index >= 15 is 0 Å². The first-order valence-corrected chi connectivity index (χ1v) is 22.8. The van der Waals surface area contributed by atoms with E-state index in [0.29, 0.717) is 5.82 Å². The van der Waals surface area contributed by atoms with Crippen LogP contribution < -0.4 is 4.74 Å². The van der Waals surface area contributed by atoms with Gasteiger partial charge >= 0.3 is 0 Å². The van der Waals surface area contributed by atoms with Crippen molar-refractivity contribution in [1.29, 1.82) is 0 Å². The molecule has 0 saturated heterocycles. The highest BCUT2D eigenvalue weighted by Gasteiger charge is 2.51. The molecule has 3 aromatic heterocycles. The second-order valence-electron chi connectivity index (χ2n) is 17.0. The van der Waals surface area contributed by atoms with Gasteiger partial charge in [0.25, 0.3) is 0 Å². The smallest absolute Gasteiger partial charge is 0.160 e. The first kappa shape index (κ1) is 36.3. The average molecular weight is 846 g/mol. The molecule has 5 heteroatoms. The highest BCUT2D eigenvalue weighted by molar-refractivity contribution is 7.26. The average Bonchev–Trinajstić information content (AvgIpc) is 3.90. The largest absolute Gasteiger partial charge is 0.457 e. The third-order valence-electron chi connectivity index (χ3n) is 13.5. The van der Waals surface area contributed by atoms with E-state index in [0.717, 1.165) is 78.3 Å². The summed E-state index contributed by atoms with van der Waals surface area (Å²) >= 11 is 1.82. The number of hydrogen-bond donors (Lipinski definition) is 0. The van der Waals surface area contributed by atoms with Gasteiger partial charge in [0.1, 0.15) is 11.5 Å². The zero-order valence-electron chi connectivity index (χ0n) is 34.9. The Morgan fingerprint density at radius 2 is 1.03 bits per heavy atom. The Bertz CT molecular complexity index is 3890. The van der Waals surface area contributed by atoms with Gasteiger partial charge in [0.2, 0.25) is 0 Å². The minimum atomic E-state index is -0.587. The minimum absolute atomic E-state index is 0.587. The Kier molecular flexibility index (Phi) is 7.74. The maximum Gasteiger partial charge on any atom is 0.160 e. The highest BCUT2D eigenvalue weighted by Crippen LogP contribution is 2.63. The standard InChI is InChI=1S/C60H35N3OS/c1-3-16-36(17-4-1)57-44-32-33-48-56(41-21-7-9-24-45(41)60(48)46-25-10-12-27-52(46)64-53-28-13-11-26-47(53)60)55(44)42-31-30-38(34-50(42)61-57)49-35-51(63-59(62-49)37-18-5-2-6-19-37)43-23-15-22-40-39-20-8-14-29-54(39)65-58(40)43/h1-35H. The molecule has 0 N–H and O–H groups in total. The normalized spacial score (nSPS) is 13.2. The number of rotatable bonds is 4. The molecule has 0 fully saturated rings. The quantitative estimate of drug-likeness (QED) is 0.166. The molecule has 4 nitrogen and oxygen atoms in total. The molecule has 2 aliphatic rings. The maximum atomic E-state index is 6.67.